The van der Waals surface area contributed by atoms with E-state index in [1.54, 1.807) is 10.9 Å². The number of rotatable bonds is 7. The molecule has 0 unspecified atom stereocenters. The third-order valence-electron chi connectivity index (χ3n) is 4.76. The molecular formula is C19H30IN9O. The number of nitrogens with zero attached hydrogens (tertiary/aromatic N) is 7. The van der Waals surface area contributed by atoms with Gasteiger partial charge in [-0.3, -0.25) is 9.48 Å². The topological polar surface area (TPSA) is 104 Å². The normalized spacial score (nSPS) is 14.3. The molecule has 1 amide bonds. The molecule has 2 aromatic rings. The third kappa shape index (κ3) is 6.82. The fourth-order valence-electron chi connectivity index (χ4n) is 3.13. The van der Waals surface area contributed by atoms with Crippen molar-refractivity contribution in [2.24, 2.45) is 12.0 Å². The Kier molecular flexibility index (Phi) is 9.77. The molecular weight excluding hydrogens is 497 g/mol. The summed E-state index contributed by atoms with van der Waals surface area (Å²) in [5.74, 6) is 2.57. The number of aromatic nitrogens is 4. The molecule has 11 heteroatoms. The Morgan fingerprint density at radius 3 is 2.60 bits per heavy atom. The molecule has 1 saturated heterocycles. The SMILES string of the molecule is CCNC(=NCc1ncnn1C)NCCC(=O)N1CCN(c2ccccn2)CC1.I. The van der Waals surface area contributed by atoms with Gasteiger partial charge >= 0.3 is 0 Å². The summed E-state index contributed by atoms with van der Waals surface area (Å²) >= 11 is 0. The zero-order chi connectivity index (χ0) is 20.5. The van der Waals surface area contributed by atoms with Crippen LogP contribution in [0, 0.1) is 0 Å². The first-order valence-electron chi connectivity index (χ1n) is 9.96. The summed E-state index contributed by atoms with van der Waals surface area (Å²) in [6.07, 6.45) is 3.74. The molecule has 1 fully saturated rings. The van der Waals surface area contributed by atoms with Crippen molar-refractivity contribution < 1.29 is 4.79 Å². The molecule has 0 aliphatic carbocycles. The lowest BCUT2D eigenvalue weighted by atomic mass is 10.2. The van der Waals surface area contributed by atoms with Gasteiger partial charge in [-0.05, 0) is 19.1 Å². The highest BCUT2D eigenvalue weighted by atomic mass is 127. The van der Waals surface area contributed by atoms with Gasteiger partial charge < -0.3 is 20.4 Å². The fourth-order valence-corrected chi connectivity index (χ4v) is 3.13. The Hall–Kier alpha value is -2.44. The van der Waals surface area contributed by atoms with Crippen molar-refractivity contribution in [1.29, 1.82) is 0 Å². The number of anilines is 1. The van der Waals surface area contributed by atoms with Gasteiger partial charge in [0.15, 0.2) is 5.96 Å². The highest BCUT2D eigenvalue weighted by Gasteiger charge is 2.21. The standard InChI is InChI=1S/C19H29N9O.HI/c1-3-20-19(23-14-17-24-15-25-26(17)2)22-9-7-18(29)28-12-10-27(11-13-28)16-6-4-5-8-21-16;/h4-6,8,15H,3,7,9-14H2,1-2H3,(H2,20,22,23);1H. The predicted molar refractivity (Wildman–Crippen MR) is 127 cm³/mol. The Morgan fingerprint density at radius 1 is 1.17 bits per heavy atom. The van der Waals surface area contributed by atoms with Crippen molar-refractivity contribution in [1.82, 2.24) is 35.3 Å². The maximum Gasteiger partial charge on any atom is 0.224 e. The summed E-state index contributed by atoms with van der Waals surface area (Å²) in [4.78, 5) is 29.7. The van der Waals surface area contributed by atoms with Gasteiger partial charge in [0.1, 0.15) is 24.5 Å². The number of pyridine rings is 1. The van der Waals surface area contributed by atoms with E-state index in [4.69, 9.17) is 0 Å². The monoisotopic (exact) mass is 527 g/mol. The van der Waals surface area contributed by atoms with Crippen molar-refractivity contribution in [3.63, 3.8) is 0 Å². The first-order valence-corrected chi connectivity index (χ1v) is 9.96. The molecule has 0 saturated carbocycles. The van der Waals surface area contributed by atoms with Crippen LogP contribution in [0.25, 0.3) is 0 Å². The van der Waals surface area contributed by atoms with E-state index in [0.29, 0.717) is 25.5 Å². The van der Waals surface area contributed by atoms with Crippen LogP contribution in [0.3, 0.4) is 0 Å². The second-order valence-electron chi connectivity index (χ2n) is 6.73. The summed E-state index contributed by atoms with van der Waals surface area (Å²) < 4.78 is 1.70. The second kappa shape index (κ2) is 12.3. The minimum Gasteiger partial charge on any atom is -0.357 e. The molecule has 10 nitrogen and oxygen atoms in total. The maximum atomic E-state index is 12.5. The minimum absolute atomic E-state index is 0. The molecule has 0 bridgehead atoms. The number of halogens is 1. The van der Waals surface area contributed by atoms with E-state index in [-0.39, 0.29) is 29.9 Å². The van der Waals surface area contributed by atoms with E-state index in [9.17, 15) is 4.79 Å². The number of nitrogens with one attached hydrogen (secondary N) is 2. The second-order valence-corrected chi connectivity index (χ2v) is 6.73. The van der Waals surface area contributed by atoms with Crippen LogP contribution >= 0.6 is 24.0 Å². The van der Waals surface area contributed by atoms with E-state index in [1.807, 2.05) is 37.1 Å². The lowest BCUT2D eigenvalue weighted by Crippen LogP contribution is -2.49. The highest BCUT2D eigenvalue weighted by Crippen LogP contribution is 2.12. The number of guanidine groups is 1. The van der Waals surface area contributed by atoms with Crippen LogP contribution in [0.5, 0.6) is 0 Å². The molecule has 30 heavy (non-hydrogen) atoms. The Morgan fingerprint density at radius 2 is 1.97 bits per heavy atom. The Labute approximate surface area is 194 Å². The quantitative estimate of drug-likeness (QED) is 0.309. The molecule has 0 atom stereocenters. The summed E-state index contributed by atoms with van der Waals surface area (Å²) in [6.45, 7) is 6.75. The van der Waals surface area contributed by atoms with E-state index in [2.05, 4.69) is 35.6 Å². The van der Waals surface area contributed by atoms with Gasteiger partial charge in [0.05, 0.1) is 0 Å². The van der Waals surface area contributed by atoms with Gasteiger partial charge in [-0.1, -0.05) is 6.07 Å². The number of hydrogen-bond acceptors (Lipinski definition) is 6. The molecule has 2 N–H and O–H groups in total. The van der Waals surface area contributed by atoms with E-state index in [1.165, 1.54) is 6.33 Å². The van der Waals surface area contributed by atoms with Crippen molar-refractivity contribution in [2.45, 2.75) is 19.9 Å². The number of aliphatic imine (C=N–C) groups is 1. The zero-order valence-corrected chi connectivity index (χ0v) is 19.8. The lowest BCUT2D eigenvalue weighted by molar-refractivity contribution is -0.131. The average Bonchev–Trinajstić information content (AvgIpc) is 3.17. The fraction of sp³-hybridized carbons (Fsp3) is 0.526. The van der Waals surface area contributed by atoms with Gasteiger partial charge in [-0.25, -0.2) is 15.0 Å². The lowest BCUT2D eigenvalue weighted by Gasteiger charge is -2.35. The highest BCUT2D eigenvalue weighted by molar-refractivity contribution is 14.0. The van der Waals surface area contributed by atoms with E-state index in [0.717, 1.165) is 44.4 Å². The molecule has 1 aliphatic rings. The third-order valence-corrected chi connectivity index (χ3v) is 4.76. The summed E-state index contributed by atoms with van der Waals surface area (Å²) in [5, 5.41) is 10.4. The van der Waals surface area contributed by atoms with Crippen LogP contribution in [0.1, 0.15) is 19.2 Å². The van der Waals surface area contributed by atoms with E-state index < -0.39 is 0 Å². The predicted octanol–water partition coefficient (Wildman–Crippen LogP) is 0.622. The van der Waals surface area contributed by atoms with Gasteiger partial charge in [0.2, 0.25) is 5.91 Å². The van der Waals surface area contributed by atoms with Gasteiger partial charge in [-0.2, -0.15) is 5.10 Å². The molecule has 0 spiro atoms. The summed E-state index contributed by atoms with van der Waals surface area (Å²) in [6, 6.07) is 5.90. The van der Waals surface area contributed by atoms with E-state index >= 15 is 0 Å². The molecule has 3 rings (SSSR count). The smallest absolute Gasteiger partial charge is 0.224 e. The van der Waals surface area contributed by atoms with Crippen LogP contribution in [-0.2, 0) is 18.4 Å². The van der Waals surface area contributed by atoms with Crippen molar-refractivity contribution in [3.05, 3.63) is 36.5 Å². The largest absolute Gasteiger partial charge is 0.357 e. The molecule has 0 radical (unpaired) electrons. The first-order chi connectivity index (χ1) is 14.2. The van der Waals surface area contributed by atoms with Crippen LogP contribution in [0.2, 0.25) is 0 Å². The van der Waals surface area contributed by atoms with Gasteiger partial charge in [-0.15, -0.1) is 24.0 Å². The van der Waals surface area contributed by atoms with Crippen LogP contribution in [-0.4, -0.2) is 75.8 Å². The van der Waals surface area contributed by atoms with Crippen molar-refractivity contribution in [3.8, 4) is 0 Å². The van der Waals surface area contributed by atoms with Crippen LogP contribution < -0.4 is 15.5 Å². The number of amides is 1. The van der Waals surface area contributed by atoms with Crippen LogP contribution in [0.15, 0.2) is 35.7 Å². The number of piperazine rings is 1. The first kappa shape index (κ1) is 23.8. The Balaban J connectivity index is 0.00000320. The average molecular weight is 527 g/mol. The van der Waals surface area contributed by atoms with Crippen molar-refractivity contribution >= 4 is 41.7 Å². The number of aryl methyl sites for hydroxylation is 1. The molecule has 0 aromatic carbocycles. The molecule has 3 heterocycles. The maximum absolute atomic E-state index is 12.5. The van der Waals surface area contributed by atoms with Gasteiger partial charge in [0.25, 0.3) is 0 Å². The van der Waals surface area contributed by atoms with Gasteiger partial charge in [0, 0.05) is 58.9 Å². The van der Waals surface area contributed by atoms with Crippen molar-refractivity contribution in [2.75, 3.05) is 44.2 Å². The summed E-state index contributed by atoms with van der Waals surface area (Å²) in [7, 11) is 1.84. The van der Waals surface area contributed by atoms with Crippen LogP contribution in [0.4, 0.5) is 5.82 Å². The molecule has 2 aromatic heterocycles. The minimum atomic E-state index is 0. The Bertz CT molecular complexity index is 803. The number of carbonyl (C=O) groups is 1. The number of hydrogen-bond donors (Lipinski definition) is 2. The summed E-state index contributed by atoms with van der Waals surface area (Å²) in [5.41, 5.74) is 0. The molecule has 1 aliphatic heterocycles. The molecule has 164 valence electrons. The zero-order valence-electron chi connectivity index (χ0n) is 17.5. The number of carbonyl (C=O) groups excluding carboxylic acids is 1.